The molecule has 0 spiro atoms. The molecule has 4 nitrogen and oxygen atoms in total. The minimum Gasteiger partial charge on any atom is -0.746 e. The third-order valence-corrected chi connectivity index (χ3v) is 2.33. The minimum absolute atomic E-state index is 0. The van der Waals surface area contributed by atoms with Crippen molar-refractivity contribution in [1.82, 2.24) is 0 Å². The van der Waals surface area contributed by atoms with Crippen molar-refractivity contribution in [3.8, 4) is 0 Å². The van der Waals surface area contributed by atoms with E-state index in [4.69, 9.17) is 5.73 Å². The van der Waals surface area contributed by atoms with Gasteiger partial charge < -0.3 is 10.3 Å². The van der Waals surface area contributed by atoms with E-state index in [1.54, 1.807) is 18.2 Å². The van der Waals surface area contributed by atoms with Gasteiger partial charge in [0, 0.05) is 0 Å². The number of benzene rings is 1. The minimum atomic E-state index is -4.43. The molecule has 6 heteroatoms. The van der Waals surface area contributed by atoms with Crippen LogP contribution in [-0.2, 0) is 10.1 Å². The molecular weight excluding hydrogens is 201 g/mol. The second-order valence-corrected chi connectivity index (χ2v) is 3.82. The van der Waals surface area contributed by atoms with Crippen molar-refractivity contribution >= 4 is 10.1 Å². The van der Waals surface area contributed by atoms with Crippen LogP contribution in [-0.4, -0.2) is 13.0 Å². The molecule has 0 bridgehead atoms. The fourth-order valence-electron chi connectivity index (χ4n) is 0.809. The van der Waals surface area contributed by atoms with Gasteiger partial charge in [-0.2, -0.15) is 0 Å². The molecule has 0 aliphatic rings. The molecule has 0 aliphatic carbocycles. The van der Waals surface area contributed by atoms with Gasteiger partial charge >= 0.3 is 29.6 Å². The Kier molecular flexibility index (Phi) is 5.13. The summed E-state index contributed by atoms with van der Waals surface area (Å²) >= 11 is 0. The average Bonchev–Trinajstić information content (AvgIpc) is 2.03. The van der Waals surface area contributed by atoms with Gasteiger partial charge in [0.1, 0.15) is 15.5 Å². The van der Waals surface area contributed by atoms with Crippen molar-refractivity contribution in [2.45, 2.75) is 5.37 Å². The van der Waals surface area contributed by atoms with Crippen molar-refractivity contribution in [3.05, 3.63) is 35.9 Å². The van der Waals surface area contributed by atoms with Crippen molar-refractivity contribution in [3.63, 3.8) is 0 Å². The summed E-state index contributed by atoms with van der Waals surface area (Å²) in [5.74, 6) is 0. The summed E-state index contributed by atoms with van der Waals surface area (Å²) in [6.07, 6.45) is 0. The molecule has 0 saturated carbocycles. The van der Waals surface area contributed by atoms with Gasteiger partial charge in [-0.15, -0.1) is 0 Å². The van der Waals surface area contributed by atoms with Gasteiger partial charge in [0.15, 0.2) is 0 Å². The molecule has 0 fully saturated rings. The first kappa shape index (κ1) is 13.1. The van der Waals surface area contributed by atoms with Crippen molar-refractivity contribution in [2.24, 2.45) is 5.73 Å². The Bertz CT molecular complexity index is 351. The second kappa shape index (κ2) is 5.09. The Labute approximate surface area is 99.2 Å². The van der Waals surface area contributed by atoms with E-state index in [2.05, 4.69) is 0 Å². The van der Waals surface area contributed by atoms with Crippen LogP contribution in [0.5, 0.6) is 0 Å². The molecule has 2 N–H and O–H groups in total. The maximum atomic E-state index is 10.5. The van der Waals surface area contributed by atoms with Crippen LogP contribution in [0.1, 0.15) is 10.9 Å². The third-order valence-electron chi connectivity index (χ3n) is 1.44. The fourth-order valence-corrected chi connectivity index (χ4v) is 1.30. The molecule has 13 heavy (non-hydrogen) atoms. The van der Waals surface area contributed by atoms with Crippen LogP contribution in [0.3, 0.4) is 0 Å². The molecule has 0 saturated heterocycles. The Balaban J connectivity index is 0.00000144. The fraction of sp³-hybridized carbons (Fsp3) is 0.143. The Morgan fingerprint density at radius 1 is 1.23 bits per heavy atom. The molecule has 1 rings (SSSR count). The zero-order valence-corrected chi connectivity index (χ0v) is 9.99. The maximum Gasteiger partial charge on any atom is 1.00 e. The number of rotatable bonds is 2. The zero-order chi connectivity index (χ0) is 9.19. The van der Waals surface area contributed by atoms with Gasteiger partial charge in [-0.1, -0.05) is 30.3 Å². The van der Waals surface area contributed by atoms with Crippen LogP contribution < -0.4 is 35.3 Å². The van der Waals surface area contributed by atoms with Crippen molar-refractivity contribution in [2.75, 3.05) is 0 Å². The third kappa shape index (κ3) is 3.76. The monoisotopic (exact) mass is 209 g/mol. The summed E-state index contributed by atoms with van der Waals surface area (Å²) in [7, 11) is -4.43. The maximum absolute atomic E-state index is 10.5. The zero-order valence-electron chi connectivity index (χ0n) is 7.17. The molecular formula is C7H8NNaO3S. The predicted octanol–water partition coefficient (Wildman–Crippen LogP) is -2.81. The first-order valence-corrected chi connectivity index (χ1v) is 4.74. The van der Waals surface area contributed by atoms with Crippen LogP contribution in [0.15, 0.2) is 30.3 Å². The molecule has 0 radical (unpaired) electrons. The quantitative estimate of drug-likeness (QED) is 0.421. The van der Waals surface area contributed by atoms with E-state index >= 15 is 0 Å². The second-order valence-electron chi connectivity index (χ2n) is 2.32. The summed E-state index contributed by atoms with van der Waals surface area (Å²) in [5.41, 5.74) is 5.48. The number of hydrogen-bond donors (Lipinski definition) is 1. The Morgan fingerprint density at radius 2 is 1.69 bits per heavy atom. The molecule has 1 unspecified atom stereocenters. The molecule has 0 heterocycles. The SMILES string of the molecule is NC(c1ccccc1)S(=O)(=O)[O-].[Na+]. The number of hydrogen-bond acceptors (Lipinski definition) is 4. The number of nitrogens with two attached hydrogens (primary N) is 1. The van der Waals surface area contributed by atoms with Crippen LogP contribution in [0, 0.1) is 0 Å². The summed E-state index contributed by atoms with van der Waals surface area (Å²) in [6, 6.07) is 7.97. The van der Waals surface area contributed by atoms with Gasteiger partial charge in [0.25, 0.3) is 0 Å². The Morgan fingerprint density at radius 3 is 2.08 bits per heavy atom. The van der Waals surface area contributed by atoms with Crippen LogP contribution in [0.4, 0.5) is 0 Å². The van der Waals surface area contributed by atoms with E-state index in [-0.39, 0.29) is 29.6 Å². The summed E-state index contributed by atoms with van der Waals surface area (Å²) in [4.78, 5) is 0. The van der Waals surface area contributed by atoms with Crippen molar-refractivity contribution < 1.29 is 42.5 Å². The molecule has 66 valence electrons. The summed E-state index contributed by atoms with van der Waals surface area (Å²) in [5, 5.41) is -1.46. The van der Waals surface area contributed by atoms with E-state index < -0.39 is 15.5 Å². The molecule has 1 aromatic rings. The normalized spacial score (nSPS) is 13.1. The van der Waals surface area contributed by atoms with E-state index in [0.717, 1.165) is 0 Å². The standard InChI is InChI=1S/C7H9NO3S.Na/c8-7(12(9,10)11)6-4-2-1-3-5-6;/h1-5,7H,8H2,(H,9,10,11);/q;+1/p-1. The smallest absolute Gasteiger partial charge is 0.746 e. The molecule has 1 aromatic carbocycles. The van der Waals surface area contributed by atoms with E-state index in [1.807, 2.05) is 0 Å². The Hall–Kier alpha value is 0.0900. The van der Waals surface area contributed by atoms with E-state index in [9.17, 15) is 13.0 Å². The van der Waals surface area contributed by atoms with Crippen LogP contribution in [0.2, 0.25) is 0 Å². The molecule has 0 aromatic heterocycles. The largest absolute Gasteiger partial charge is 1.00 e. The topological polar surface area (TPSA) is 83.2 Å². The van der Waals surface area contributed by atoms with Gasteiger partial charge in [0.05, 0.1) is 0 Å². The molecule has 0 aliphatic heterocycles. The van der Waals surface area contributed by atoms with Gasteiger partial charge in [-0.25, -0.2) is 8.42 Å². The van der Waals surface area contributed by atoms with Gasteiger partial charge in [-0.3, -0.25) is 0 Å². The summed E-state index contributed by atoms with van der Waals surface area (Å²) in [6.45, 7) is 0. The van der Waals surface area contributed by atoms with Gasteiger partial charge in [0.2, 0.25) is 0 Å². The first-order valence-electron chi connectivity index (χ1n) is 3.27. The molecule has 0 amide bonds. The van der Waals surface area contributed by atoms with Crippen LogP contribution >= 0.6 is 0 Å². The average molecular weight is 209 g/mol. The molecule has 1 atom stereocenters. The predicted molar refractivity (Wildman–Crippen MR) is 43.1 cm³/mol. The summed E-state index contributed by atoms with van der Waals surface area (Å²) < 4.78 is 31.4. The van der Waals surface area contributed by atoms with Gasteiger partial charge in [-0.05, 0) is 5.56 Å². The first-order chi connectivity index (χ1) is 5.52. The van der Waals surface area contributed by atoms with E-state index in [0.29, 0.717) is 5.56 Å². The van der Waals surface area contributed by atoms with Crippen LogP contribution in [0.25, 0.3) is 0 Å². The van der Waals surface area contributed by atoms with Crippen molar-refractivity contribution in [1.29, 1.82) is 0 Å². The van der Waals surface area contributed by atoms with E-state index in [1.165, 1.54) is 12.1 Å².